The minimum Gasteiger partial charge on any atom is -0.454 e. The Balaban J connectivity index is 1.58. The van der Waals surface area contributed by atoms with E-state index >= 15 is 0 Å². The molecule has 0 atom stereocenters. The van der Waals surface area contributed by atoms with Crippen molar-refractivity contribution in [3.8, 4) is 11.5 Å². The van der Waals surface area contributed by atoms with Gasteiger partial charge in [0.25, 0.3) is 0 Å². The number of anilines is 1. The number of carbonyl (C=O) groups excluding carboxylic acids is 1. The van der Waals surface area contributed by atoms with Crippen LogP contribution in [-0.2, 0) is 0 Å². The summed E-state index contributed by atoms with van der Waals surface area (Å²) in [5.41, 5.74) is 1.61. The molecular formula is C16H13BrN2O3. The van der Waals surface area contributed by atoms with Gasteiger partial charge in [-0.05, 0) is 29.8 Å². The van der Waals surface area contributed by atoms with Gasteiger partial charge in [0.05, 0.1) is 0 Å². The third-order valence-corrected chi connectivity index (χ3v) is 3.74. The summed E-state index contributed by atoms with van der Waals surface area (Å²) in [6.07, 6.45) is 3.39. The summed E-state index contributed by atoms with van der Waals surface area (Å²) in [6, 6.07) is 12.6. The van der Waals surface area contributed by atoms with Gasteiger partial charge in [-0.15, -0.1) is 0 Å². The second-order valence-electron chi connectivity index (χ2n) is 4.52. The van der Waals surface area contributed by atoms with Crippen molar-refractivity contribution in [1.82, 2.24) is 5.32 Å². The van der Waals surface area contributed by atoms with Crippen molar-refractivity contribution < 1.29 is 14.3 Å². The fourth-order valence-electron chi connectivity index (χ4n) is 1.96. The average molecular weight is 361 g/mol. The van der Waals surface area contributed by atoms with Crippen LogP contribution in [-0.4, -0.2) is 12.8 Å². The van der Waals surface area contributed by atoms with Crippen molar-refractivity contribution in [2.45, 2.75) is 0 Å². The number of urea groups is 1. The molecule has 0 fully saturated rings. The van der Waals surface area contributed by atoms with E-state index in [0.29, 0.717) is 17.2 Å². The second kappa shape index (κ2) is 6.53. The molecule has 0 aliphatic carbocycles. The Morgan fingerprint density at radius 1 is 1.14 bits per heavy atom. The highest BCUT2D eigenvalue weighted by Crippen LogP contribution is 2.34. The van der Waals surface area contributed by atoms with E-state index in [1.807, 2.05) is 30.3 Å². The molecule has 2 aromatic rings. The second-order valence-corrected chi connectivity index (χ2v) is 5.38. The van der Waals surface area contributed by atoms with Crippen LogP contribution in [0, 0.1) is 0 Å². The minimum absolute atomic E-state index is 0.208. The summed E-state index contributed by atoms with van der Waals surface area (Å²) in [5, 5.41) is 5.38. The quantitative estimate of drug-likeness (QED) is 0.870. The van der Waals surface area contributed by atoms with Crippen LogP contribution in [0.5, 0.6) is 11.5 Å². The molecule has 0 radical (unpaired) electrons. The summed E-state index contributed by atoms with van der Waals surface area (Å²) in [4.78, 5) is 11.8. The Bertz CT molecular complexity index is 731. The number of hydrogen-bond donors (Lipinski definition) is 2. The maximum absolute atomic E-state index is 11.8. The van der Waals surface area contributed by atoms with E-state index in [2.05, 4.69) is 26.6 Å². The van der Waals surface area contributed by atoms with Crippen molar-refractivity contribution in [1.29, 1.82) is 0 Å². The maximum Gasteiger partial charge on any atom is 0.323 e. The fraction of sp³-hybridized carbons (Fsp3) is 0.0625. The predicted molar refractivity (Wildman–Crippen MR) is 87.9 cm³/mol. The van der Waals surface area contributed by atoms with Gasteiger partial charge >= 0.3 is 6.03 Å². The molecule has 0 unspecified atom stereocenters. The Morgan fingerprint density at radius 2 is 1.95 bits per heavy atom. The van der Waals surface area contributed by atoms with Gasteiger partial charge in [-0.1, -0.05) is 34.1 Å². The zero-order chi connectivity index (χ0) is 15.4. The Labute approximate surface area is 136 Å². The van der Waals surface area contributed by atoms with Crippen LogP contribution in [0.2, 0.25) is 0 Å². The maximum atomic E-state index is 11.8. The van der Waals surface area contributed by atoms with Gasteiger partial charge in [0.2, 0.25) is 6.79 Å². The lowest BCUT2D eigenvalue weighted by molar-refractivity contribution is 0.174. The molecule has 0 aromatic heterocycles. The highest BCUT2D eigenvalue weighted by Gasteiger charge is 2.13. The van der Waals surface area contributed by atoms with Gasteiger partial charge in [-0.2, -0.15) is 0 Å². The molecule has 1 aliphatic rings. The lowest BCUT2D eigenvalue weighted by atomic mass is 10.2. The molecule has 1 heterocycles. The van der Waals surface area contributed by atoms with Crippen molar-refractivity contribution in [2.24, 2.45) is 0 Å². The SMILES string of the molecule is O=C(N/C=C/c1ccccc1Br)Nc1ccc2c(c1)OCO2. The molecule has 2 N–H and O–H groups in total. The first-order valence-electron chi connectivity index (χ1n) is 6.60. The monoisotopic (exact) mass is 360 g/mol. The first-order chi connectivity index (χ1) is 10.7. The molecule has 22 heavy (non-hydrogen) atoms. The van der Waals surface area contributed by atoms with Crippen LogP contribution in [0.3, 0.4) is 0 Å². The van der Waals surface area contributed by atoms with E-state index in [4.69, 9.17) is 9.47 Å². The van der Waals surface area contributed by atoms with Gasteiger partial charge in [0.15, 0.2) is 11.5 Å². The Hall–Kier alpha value is -2.47. The molecule has 0 spiro atoms. The van der Waals surface area contributed by atoms with E-state index in [1.165, 1.54) is 0 Å². The number of fused-ring (bicyclic) bond motifs is 1. The van der Waals surface area contributed by atoms with Gasteiger partial charge < -0.3 is 20.1 Å². The number of hydrogen-bond acceptors (Lipinski definition) is 3. The minimum atomic E-state index is -0.331. The third kappa shape index (κ3) is 3.40. The van der Waals surface area contributed by atoms with E-state index < -0.39 is 0 Å². The van der Waals surface area contributed by atoms with Gasteiger partial charge in [-0.25, -0.2) is 4.79 Å². The topological polar surface area (TPSA) is 59.6 Å². The molecule has 0 bridgehead atoms. The van der Waals surface area contributed by atoms with Gasteiger partial charge in [0, 0.05) is 22.4 Å². The Kier molecular flexibility index (Phi) is 4.29. The van der Waals surface area contributed by atoms with E-state index in [9.17, 15) is 4.79 Å². The van der Waals surface area contributed by atoms with Gasteiger partial charge in [-0.3, -0.25) is 0 Å². The number of amides is 2. The third-order valence-electron chi connectivity index (χ3n) is 3.01. The van der Waals surface area contributed by atoms with Crippen molar-refractivity contribution >= 4 is 33.7 Å². The van der Waals surface area contributed by atoms with E-state index in [0.717, 1.165) is 10.0 Å². The molecule has 0 saturated heterocycles. The zero-order valence-corrected chi connectivity index (χ0v) is 13.1. The predicted octanol–water partition coefficient (Wildman–Crippen LogP) is 3.97. The molecule has 6 heteroatoms. The number of nitrogens with one attached hydrogen (secondary N) is 2. The standard InChI is InChI=1S/C16H13BrN2O3/c17-13-4-2-1-3-11(13)7-8-18-16(20)19-12-5-6-14-15(9-12)22-10-21-14/h1-9H,10H2,(H2,18,19,20)/b8-7+. The number of benzene rings is 2. The molecule has 112 valence electrons. The summed E-state index contributed by atoms with van der Waals surface area (Å²) in [7, 11) is 0. The molecule has 3 rings (SSSR count). The van der Waals surface area contributed by atoms with Crippen LogP contribution < -0.4 is 20.1 Å². The molecule has 2 amide bonds. The summed E-state index contributed by atoms with van der Waals surface area (Å²) in [6.45, 7) is 0.208. The van der Waals surface area contributed by atoms with Crippen LogP contribution in [0.1, 0.15) is 5.56 Å². The molecule has 0 saturated carbocycles. The number of ether oxygens (including phenoxy) is 2. The van der Waals surface area contributed by atoms with Crippen LogP contribution in [0.15, 0.2) is 53.1 Å². The van der Waals surface area contributed by atoms with Crippen molar-refractivity contribution in [2.75, 3.05) is 12.1 Å². The summed E-state index contributed by atoms with van der Waals surface area (Å²) >= 11 is 3.44. The van der Waals surface area contributed by atoms with E-state index in [-0.39, 0.29) is 12.8 Å². The fourth-order valence-corrected chi connectivity index (χ4v) is 2.38. The lowest BCUT2D eigenvalue weighted by Crippen LogP contribution is -2.23. The highest BCUT2D eigenvalue weighted by molar-refractivity contribution is 9.10. The van der Waals surface area contributed by atoms with Crippen molar-refractivity contribution in [3.63, 3.8) is 0 Å². The molecule has 1 aliphatic heterocycles. The van der Waals surface area contributed by atoms with Crippen LogP contribution in [0.4, 0.5) is 10.5 Å². The summed E-state index contributed by atoms with van der Waals surface area (Å²) < 4.78 is 11.4. The average Bonchev–Trinajstić information content (AvgIpc) is 2.97. The smallest absolute Gasteiger partial charge is 0.323 e. The first kappa shape index (κ1) is 14.5. The number of carbonyl (C=O) groups is 1. The Morgan fingerprint density at radius 3 is 2.82 bits per heavy atom. The van der Waals surface area contributed by atoms with Crippen LogP contribution >= 0.6 is 15.9 Å². The van der Waals surface area contributed by atoms with Crippen LogP contribution in [0.25, 0.3) is 6.08 Å². The zero-order valence-electron chi connectivity index (χ0n) is 11.5. The number of rotatable bonds is 3. The molecule has 2 aromatic carbocycles. The lowest BCUT2D eigenvalue weighted by Gasteiger charge is -2.05. The van der Waals surface area contributed by atoms with Crippen molar-refractivity contribution in [3.05, 3.63) is 58.7 Å². The summed E-state index contributed by atoms with van der Waals surface area (Å²) in [5.74, 6) is 1.31. The highest BCUT2D eigenvalue weighted by atomic mass is 79.9. The molecular weight excluding hydrogens is 348 g/mol. The van der Waals surface area contributed by atoms with Gasteiger partial charge in [0.1, 0.15) is 0 Å². The normalized spacial score (nSPS) is 12.4. The largest absolute Gasteiger partial charge is 0.454 e. The first-order valence-corrected chi connectivity index (χ1v) is 7.40. The molecule has 5 nitrogen and oxygen atoms in total. The number of halogens is 1. The van der Waals surface area contributed by atoms with E-state index in [1.54, 1.807) is 24.4 Å².